The first-order chi connectivity index (χ1) is 17.4. The SMILES string of the molecule is COc1ccccc1-c1ccnc(Nc2ccc3c(N4CCN(C)CC4)c(C(C)=O)c(=O)oc3c2)n1. The quantitative estimate of drug-likeness (QED) is 0.321. The van der Waals surface area contributed by atoms with Gasteiger partial charge < -0.3 is 24.3 Å². The van der Waals surface area contributed by atoms with E-state index in [0.717, 1.165) is 37.1 Å². The summed E-state index contributed by atoms with van der Waals surface area (Å²) in [5.41, 5.74) is 2.72. The fraction of sp³-hybridized carbons (Fsp3) is 0.259. The Labute approximate surface area is 208 Å². The van der Waals surface area contributed by atoms with Crippen molar-refractivity contribution in [2.75, 3.05) is 50.6 Å². The van der Waals surface area contributed by atoms with Crippen molar-refractivity contribution in [3.8, 4) is 17.0 Å². The molecule has 0 amide bonds. The minimum Gasteiger partial charge on any atom is -0.496 e. The number of benzene rings is 2. The number of hydrogen-bond acceptors (Lipinski definition) is 9. The van der Waals surface area contributed by atoms with Crippen LogP contribution in [-0.2, 0) is 0 Å². The number of aromatic nitrogens is 2. The Morgan fingerprint density at radius 2 is 1.86 bits per heavy atom. The van der Waals surface area contributed by atoms with Gasteiger partial charge in [-0.15, -0.1) is 0 Å². The van der Waals surface area contributed by atoms with E-state index in [2.05, 4.69) is 32.1 Å². The molecule has 1 aliphatic heterocycles. The summed E-state index contributed by atoms with van der Waals surface area (Å²) in [4.78, 5) is 38.5. The Hall–Kier alpha value is -4.24. The van der Waals surface area contributed by atoms with E-state index in [1.54, 1.807) is 19.4 Å². The Bertz CT molecular complexity index is 1490. The first kappa shape index (κ1) is 23.5. The van der Waals surface area contributed by atoms with E-state index < -0.39 is 5.63 Å². The molecular formula is C27H27N5O4. The number of methoxy groups -OCH3 is 1. The van der Waals surface area contributed by atoms with Crippen molar-refractivity contribution in [3.63, 3.8) is 0 Å². The molecule has 36 heavy (non-hydrogen) atoms. The minimum absolute atomic E-state index is 0.0978. The standard InChI is InChI=1S/C27H27N5O4/c1-17(33)24-25(32-14-12-31(2)13-15-32)20-9-8-18(16-23(20)36-26(24)34)29-27-28-11-10-21(30-27)19-6-4-5-7-22(19)35-3/h4-11,16H,12-15H2,1-3H3,(H,28,29,30). The number of carbonyl (C=O) groups is 1. The van der Waals surface area contributed by atoms with Gasteiger partial charge in [-0.2, -0.15) is 0 Å². The maximum Gasteiger partial charge on any atom is 0.349 e. The van der Waals surface area contributed by atoms with Crippen LogP contribution in [0.15, 0.2) is 63.9 Å². The van der Waals surface area contributed by atoms with Gasteiger partial charge in [-0.25, -0.2) is 14.8 Å². The molecule has 1 saturated heterocycles. The van der Waals surface area contributed by atoms with Crippen LogP contribution < -0.4 is 20.6 Å². The fourth-order valence-corrected chi connectivity index (χ4v) is 4.49. The summed E-state index contributed by atoms with van der Waals surface area (Å²) in [6, 6.07) is 14.9. The molecule has 184 valence electrons. The first-order valence-corrected chi connectivity index (χ1v) is 11.7. The molecule has 3 heterocycles. The fourth-order valence-electron chi connectivity index (χ4n) is 4.49. The van der Waals surface area contributed by atoms with E-state index in [1.165, 1.54) is 6.92 Å². The lowest BCUT2D eigenvalue weighted by molar-refractivity contribution is 0.101. The zero-order chi connectivity index (χ0) is 25.2. The number of likely N-dealkylation sites (N-methyl/N-ethyl adjacent to an activating group) is 1. The molecule has 0 radical (unpaired) electrons. The van der Waals surface area contributed by atoms with Crippen molar-refractivity contribution in [2.45, 2.75) is 6.92 Å². The molecule has 0 saturated carbocycles. The van der Waals surface area contributed by atoms with Crippen molar-refractivity contribution in [1.82, 2.24) is 14.9 Å². The molecule has 5 rings (SSSR count). The Morgan fingerprint density at radius 3 is 2.61 bits per heavy atom. The van der Waals surface area contributed by atoms with Crippen LogP contribution in [0.4, 0.5) is 17.3 Å². The predicted octanol–water partition coefficient (Wildman–Crippen LogP) is 3.96. The van der Waals surface area contributed by atoms with Gasteiger partial charge in [-0.1, -0.05) is 12.1 Å². The maximum absolute atomic E-state index is 12.9. The number of para-hydroxylation sites is 1. The number of anilines is 3. The number of nitrogens with one attached hydrogen (secondary N) is 1. The predicted molar refractivity (Wildman–Crippen MR) is 140 cm³/mol. The van der Waals surface area contributed by atoms with E-state index in [-0.39, 0.29) is 11.3 Å². The molecular weight excluding hydrogens is 458 g/mol. The van der Waals surface area contributed by atoms with Gasteiger partial charge in [-0.3, -0.25) is 4.79 Å². The average molecular weight is 486 g/mol. The Balaban J connectivity index is 1.52. The second kappa shape index (κ2) is 9.79. The van der Waals surface area contributed by atoms with Crippen molar-refractivity contribution in [3.05, 3.63) is 70.7 Å². The van der Waals surface area contributed by atoms with Gasteiger partial charge in [-0.05, 0) is 44.3 Å². The molecule has 0 unspecified atom stereocenters. The number of piperazine rings is 1. The summed E-state index contributed by atoms with van der Waals surface area (Å²) in [6.45, 7) is 4.54. The highest BCUT2D eigenvalue weighted by molar-refractivity contribution is 6.07. The Morgan fingerprint density at radius 1 is 1.08 bits per heavy atom. The molecule has 2 aromatic heterocycles. The van der Waals surface area contributed by atoms with E-state index in [4.69, 9.17) is 9.15 Å². The monoisotopic (exact) mass is 485 g/mol. The number of Topliss-reactive ketones (excluding diaryl/α,β-unsaturated/α-hetero) is 1. The average Bonchev–Trinajstić information content (AvgIpc) is 2.88. The third kappa shape index (κ3) is 4.52. The molecule has 1 aliphatic rings. The number of nitrogens with zero attached hydrogens (tertiary/aromatic N) is 4. The molecule has 0 spiro atoms. The zero-order valence-corrected chi connectivity index (χ0v) is 20.4. The van der Waals surface area contributed by atoms with Gasteiger partial charge in [0.1, 0.15) is 16.9 Å². The number of carbonyl (C=O) groups excluding carboxylic acids is 1. The lowest BCUT2D eigenvalue weighted by atomic mass is 10.1. The topological polar surface area (TPSA) is 101 Å². The van der Waals surface area contributed by atoms with Crippen LogP contribution in [0, 0.1) is 0 Å². The van der Waals surface area contributed by atoms with Crippen LogP contribution in [0.25, 0.3) is 22.2 Å². The zero-order valence-electron chi connectivity index (χ0n) is 20.4. The molecule has 0 bridgehead atoms. The largest absolute Gasteiger partial charge is 0.496 e. The summed E-state index contributed by atoms with van der Waals surface area (Å²) in [7, 11) is 3.68. The molecule has 9 heteroatoms. The highest BCUT2D eigenvalue weighted by Crippen LogP contribution is 2.33. The molecule has 4 aromatic rings. The Kier molecular flexibility index (Phi) is 6.39. The van der Waals surface area contributed by atoms with Crippen LogP contribution in [-0.4, -0.2) is 61.0 Å². The van der Waals surface area contributed by atoms with Crippen LogP contribution in [0.5, 0.6) is 5.75 Å². The summed E-state index contributed by atoms with van der Waals surface area (Å²) >= 11 is 0. The number of rotatable bonds is 6. The number of hydrogen-bond donors (Lipinski definition) is 1. The third-order valence-corrected chi connectivity index (χ3v) is 6.35. The molecule has 0 aliphatic carbocycles. The molecule has 1 fully saturated rings. The third-order valence-electron chi connectivity index (χ3n) is 6.35. The van der Waals surface area contributed by atoms with E-state index in [9.17, 15) is 9.59 Å². The van der Waals surface area contributed by atoms with E-state index in [1.807, 2.05) is 42.5 Å². The van der Waals surface area contributed by atoms with Gasteiger partial charge in [0, 0.05) is 55.1 Å². The minimum atomic E-state index is -0.629. The number of fused-ring (bicyclic) bond motifs is 1. The number of ketones is 1. The molecule has 2 aromatic carbocycles. The smallest absolute Gasteiger partial charge is 0.349 e. The lowest BCUT2D eigenvalue weighted by Gasteiger charge is -2.35. The summed E-state index contributed by atoms with van der Waals surface area (Å²) in [5.74, 6) is 0.801. The van der Waals surface area contributed by atoms with Crippen LogP contribution in [0.2, 0.25) is 0 Å². The molecule has 0 atom stereocenters. The second-order valence-corrected chi connectivity index (χ2v) is 8.76. The molecule has 1 N–H and O–H groups in total. The van der Waals surface area contributed by atoms with E-state index >= 15 is 0 Å². The lowest BCUT2D eigenvalue weighted by Crippen LogP contribution is -2.45. The van der Waals surface area contributed by atoms with E-state index in [0.29, 0.717) is 34.3 Å². The van der Waals surface area contributed by atoms with Crippen LogP contribution >= 0.6 is 0 Å². The van der Waals surface area contributed by atoms with Crippen molar-refractivity contribution < 1.29 is 13.9 Å². The van der Waals surface area contributed by atoms with Crippen LogP contribution in [0.1, 0.15) is 17.3 Å². The van der Waals surface area contributed by atoms with Crippen molar-refractivity contribution in [2.24, 2.45) is 0 Å². The maximum atomic E-state index is 12.9. The van der Waals surface area contributed by atoms with Crippen LogP contribution in [0.3, 0.4) is 0 Å². The summed E-state index contributed by atoms with van der Waals surface area (Å²) in [5, 5.41) is 3.91. The van der Waals surface area contributed by atoms with Gasteiger partial charge in [0.15, 0.2) is 5.78 Å². The highest BCUT2D eigenvalue weighted by atomic mass is 16.5. The van der Waals surface area contributed by atoms with Gasteiger partial charge in [0.25, 0.3) is 0 Å². The van der Waals surface area contributed by atoms with Gasteiger partial charge >= 0.3 is 5.63 Å². The molecule has 9 nitrogen and oxygen atoms in total. The summed E-state index contributed by atoms with van der Waals surface area (Å²) < 4.78 is 11.1. The van der Waals surface area contributed by atoms with Crippen molar-refractivity contribution in [1.29, 1.82) is 0 Å². The number of ether oxygens (including phenoxy) is 1. The highest BCUT2D eigenvalue weighted by Gasteiger charge is 2.25. The van der Waals surface area contributed by atoms with Gasteiger partial charge in [0.05, 0.1) is 18.5 Å². The van der Waals surface area contributed by atoms with Crippen molar-refractivity contribution >= 4 is 34.1 Å². The summed E-state index contributed by atoms with van der Waals surface area (Å²) in [6.07, 6.45) is 1.67. The van der Waals surface area contributed by atoms with Gasteiger partial charge in [0.2, 0.25) is 5.95 Å². The first-order valence-electron chi connectivity index (χ1n) is 11.7. The normalized spacial score (nSPS) is 14.1. The second-order valence-electron chi connectivity index (χ2n) is 8.76.